The quantitative estimate of drug-likeness (QED) is 0.793. The lowest BCUT2D eigenvalue weighted by Gasteiger charge is -2.18. The van der Waals surface area contributed by atoms with Crippen molar-refractivity contribution in [2.24, 2.45) is 11.7 Å². The van der Waals surface area contributed by atoms with Gasteiger partial charge in [0, 0.05) is 22.6 Å². The summed E-state index contributed by atoms with van der Waals surface area (Å²) in [6, 6.07) is 6.59. The molecule has 0 amide bonds. The highest BCUT2D eigenvalue weighted by molar-refractivity contribution is 7.17. The Morgan fingerprint density at radius 2 is 2.13 bits per heavy atom. The number of benzene rings is 1. The summed E-state index contributed by atoms with van der Waals surface area (Å²) in [7, 11) is 0. The van der Waals surface area contributed by atoms with E-state index in [1.165, 1.54) is 34.8 Å². The number of nitrogens with two attached hydrogens (primary N) is 1. The zero-order chi connectivity index (χ0) is 16.0. The van der Waals surface area contributed by atoms with Crippen LogP contribution in [0.5, 0.6) is 0 Å². The van der Waals surface area contributed by atoms with Crippen molar-refractivity contribution in [3.05, 3.63) is 46.3 Å². The molecule has 5 heteroatoms. The van der Waals surface area contributed by atoms with E-state index in [9.17, 15) is 4.39 Å². The number of nitrogens with zero attached hydrogens (tertiary/aromatic N) is 2. The van der Waals surface area contributed by atoms with Crippen molar-refractivity contribution >= 4 is 16.3 Å². The summed E-state index contributed by atoms with van der Waals surface area (Å²) in [5, 5.41) is 0. The van der Waals surface area contributed by atoms with E-state index in [1.54, 1.807) is 23.5 Å². The van der Waals surface area contributed by atoms with Gasteiger partial charge in [-0.15, -0.1) is 11.3 Å². The van der Waals surface area contributed by atoms with E-state index in [0.717, 1.165) is 41.4 Å². The Morgan fingerprint density at radius 1 is 1.35 bits per heavy atom. The predicted octanol–water partition coefficient (Wildman–Crippen LogP) is 3.83. The molecule has 0 radical (unpaired) electrons. The molecule has 0 bridgehead atoms. The summed E-state index contributed by atoms with van der Waals surface area (Å²) in [6.07, 6.45) is 4.27. The molecule has 1 aliphatic rings. The third kappa shape index (κ3) is 2.48. The molecule has 4 rings (SSSR count). The van der Waals surface area contributed by atoms with E-state index >= 15 is 0 Å². The molecular formula is C18H20FN3S. The Labute approximate surface area is 139 Å². The van der Waals surface area contributed by atoms with Crippen LogP contribution in [0.25, 0.3) is 16.2 Å². The maximum Gasteiger partial charge on any atom is 0.194 e. The van der Waals surface area contributed by atoms with Crippen LogP contribution in [-0.2, 0) is 19.3 Å². The van der Waals surface area contributed by atoms with Gasteiger partial charge in [0.2, 0.25) is 0 Å². The Bertz CT molecular complexity index is 847. The number of fused-ring (bicyclic) bond motifs is 3. The van der Waals surface area contributed by atoms with Gasteiger partial charge in [0.25, 0.3) is 0 Å². The number of aryl methyl sites for hydroxylation is 1. The summed E-state index contributed by atoms with van der Waals surface area (Å²) < 4.78 is 15.5. The van der Waals surface area contributed by atoms with Crippen LogP contribution in [0, 0.1) is 11.7 Å². The molecule has 0 spiro atoms. The largest absolute Gasteiger partial charge is 0.330 e. The van der Waals surface area contributed by atoms with Gasteiger partial charge in [-0.05, 0) is 56.0 Å². The zero-order valence-corrected chi connectivity index (χ0v) is 14.0. The number of hydrogen-bond acceptors (Lipinski definition) is 3. The van der Waals surface area contributed by atoms with Gasteiger partial charge in [0.05, 0.1) is 11.4 Å². The fraction of sp³-hybridized carbons (Fsp3) is 0.389. The monoisotopic (exact) mass is 329 g/mol. The van der Waals surface area contributed by atoms with Crippen LogP contribution in [0.4, 0.5) is 4.39 Å². The minimum atomic E-state index is -0.221. The molecule has 3 nitrogen and oxygen atoms in total. The maximum absolute atomic E-state index is 13.2. The zero-order valence-electron chi connectivity index (χ0n) is 13.2. The summed E-state index contributed by atoms with van der Waals surface area (Å²) in [5.74, 6) is 0.530. The van der Waals surface area contributed by atoms with E-state index in [1.807, 2.05) is 0 Å². The Morgan fingerprint density at radius 3 is 2.87 bits per heavy atom. The molecule has 2 aromatic heterocycles. The summed E-state index contributed by atoms with van der Waals surface area (Å²) in [5.41, 5.74) is 10.3. The molecule has 120 valence electrons. The molecule has 23 heavy (non-hydrogen) atoms. The summed E-state index contributed by atoms with van der Waals surface area (Å²) in [4.78, 5) is 7.38. The van der Waals surface area contributed by atoms with Gasteiger partial charge in [-0.25, -0.2) is 9.37 Å². The highest BCUT2D eigenvalue weighted by atomic mass is 32.1. The van der Waals surface area contributed by atoms with Crippen LogP contribution in [0.2, 0.25) is 0 Å². The second-order valence-electron chi connectivity index (χ2n) is 6.39. The van der Waals surface area contributed by atoms with Crippen molar-refractivity contribution in [1.82, 2.24) is 9.38 Å². The van der Waals surface area contributed by atoms with Crippen LogP contribution >= 0.6 is 11.3 Å². The Kier molecular flexibility index (Phi) is 3.70. The van der Waals surface area contributed by atoms with Crippen molar-refractivity contribution in [3.63, 3.8) is 0 Å². The highest BCUT2D eigenvalue weighted by Gasteiger charge is 2.25. The molecule has 0 saturated heterocycles. The van der Waals surface area contributed by atoms with Crippen LogP contribution in [0.15, 0.2) is 24.3 Å². The minimum Gasteiger partial charge on any atom is -0.330 e. The third-order valence-electron chi connectivity index (χ3n) is 4.65. The maximum atomic E-state index is 13.2. The molecular weight excluding hydrogens is 309 g/mol. The van der Waals surface area contributed by atoms with E-state index in [2.05, 4.69) is 11.3 Å². The average Bonchev–Trinajstić information content (AvgIpc) is 3.05. The molecule has 0 saturated carbocycles. The van der Waals surface area contributed by atoms with Crippen LogP contribution in [-0.4, -0.2) is 15.9 Å². The van der Waals surface area contributed by atoms with Crippen molar-refractivity contribution in [2.45, 2.75) is 32.6 Å². The molecule has 1 aromatic carbocycles. The van der Waals surface area contributed by atoms with Crippen LogP contribution in [0.1, 0.15) is 29.6 Å². The fourth-order valence-corrected chi connectivity index (χ4v) is 4.84. The number of thiazole rings is 1. The number of aromatic nitrogens is 2. The molecule has 1 aliphatic carbocycles. The van der Waals surface area contributed by atoms with Crippen LogP contribution < -0.4 is 5.73 Å². The normalized spacial score (nSPS) is 17.6. The molecule has 1 atom stereocenters. The van der Waals surface area contributed by atoms with Gasteiger partial charge >= 0.3 is 0 Å². The highest BCUT2D eigenvalue weighted by Crippen LogP contribution is 2.36. The Hall–Kier alpha value is -1.72. The fourth-order valence-electron chi connectivity index (χ4n) is 3.49. The lowest BCUT2D eigenvalue weighted by atomic mass is 9.93. The van der Waals surface area contributed by atoms with E-state index in [4.69, 9.17) is 10.7 Å². The molecule has 2 heterocycles. The summed E-state index contributed by atoms with van der Waals surface area (Å²) >= 11 is 1.80. The van der Waals surface area contributed by atoms with Gasteiger partial charge in [-0.1, -0.05) is 6.92 Å². The van der Waals surface area contributed by atoms with Gasteiger partial charge in [0.1, 0.15) is 5.82 Å². The molecule has 2 N–H and O–H groups in total. The van der Waals surface area contributed by atoms with Crippen molar-refractivity contribution < 1.29 is 4.39 Å². The molecule has 3 aromatic rings. The van der Waals surface area contributed by atoms with Crippen molar-refractivity contribution in [3.8, 4) is 11.3 Å². The summed E-state index contributed by atoms with van der Waals surface area (Å²) in [6.45, 7) is 2.90. The second kappa shape index (κ2) is 5.73. The van der Waals surface area contributed by atoms with Crippen LogP contribution in [0.3, 0.4) is 0 Å². The van der Waals surface area contributed by atoms with Gasteiger partial charge < -0.3 is 5.73 Å². The number of rotatable bonds is 3. The molecule has 0 fully saturated rings. The first kappa shape index (κ1) is 14.8. The third-order valence-corrected chi connectivity index (χ3v) is 5.76. The van der Waals surface area contributed by atoms with E-state index < -0.39 is 0 Å². The SMILES string of the molecule is CC1CCc2c(sc3nc(-c4ccc(F)cc4)c(CCN)n23)C1. The smallest absolute Gasteiger partial charge is 0.194 e. The number of imidazole rings is 1. The van der Waals surface area contributed by atoms with E-state index in [-0.39, 0.29) is 5.82 Å². The molecule has 1 unspecified atom stereocenters. The number of hydrogen-bond donors (Lipinski definition) is 1. The van der Waals surface area contributed by atoms with Crippen molar-refractivity contribution in [2.75, 3.05) is 6.54 Å². The first-order valence-corrected chi connectivity index (χ1v) is 8.97. The standard InChI is InChI=1S/C18H20FN3S/c1-11-2-7-14-16(10-11)23-18-21-17(15(8-9-20)22(14)18)12-3-5-13(19)6-4-12/h3-6,11H,2,7-10,20H2,1H3. The second-order valence-corrected chi connectivity index (χ2v) is 7.45. The van der Waals surface area contributed by atoms with Gasteiger partial charge in [-0.3, -0.25) is 4.40 Å². The Balaban J connectivity index is 1.90. The lowest BCUT2D eigenvalue weighted by Crippen LogP contribution is -2.13. The lowest BCUT2D eigenvalue weighted by molar-refractivity contribution is 0.498. The van der Waals surface area contributed by atoms with Gasteiger partial charge in [-0.2, -0.15) is 0 Å². The van der Waals surface area contributed by atoms with E-state index in [0.29, 0.717) is 6.54 Å². The van der Waals surface area contributed by atoms with Crippen molar-refractivity contribution in [1.29, 1.82) is 0 Å². The predicted molar refractivity (Wildman–Crippen MR) is 92.4 cm³/mol. The topological polar surface area (TPSA) is 43.3 Å². The first-order chi connectivity index (χ1) is 11.2. The van der Waals surface area contributed by atoms with Gasteiger partial charge in [0.15, 0.2) is 4.96 Å². The number of halogens is 1. The minimum absolute atomic E-state index is 0.221. The first-order valence-electron chi connectivity index (χ1n) is 8.15. The average molecular weight is 329 g/mol. The molecule has 0 aliphatic heterocycles.